The molecule has 0 radical (unpaired) electrons. The van der Waals surface area contributed by atoms with Gasteiger partial charge in [0.05, 0.1) is 29.8 Å². The van der Waals surface area contributed by atoms with Gasteiger partial charge in [-0.25, -0.2) is 4.98 Å². The van der Waals surface area contributed by atoms with Crippen molar-refractivity contribution in [2.24, 2.45) is 0 Å². The van der Waals surface area contributed by atoms with E-state index in [9.17, 15) is 0 Å². The molecule has 112 valence electrons. The average molecular weight is 316 g/mol. The summed E-state index contributed by atoms with van der Waals surface area (Å²) in [5.74, 6) is 0.527. The summed E-state index contributed by atoms with van der Waals surface area (Å²) in [6.07, 6.45) is 2.35. The third kappa shape index (κ3) is 3.71. The molecular weight excluding hydrogens is 294 g/mol. The van der Waals surface area contributed by atoms with Gasteiger partial charge < -0.3 is 9.64 Å². The Balaban J connectivity index is 1.43. The fourth-order valence-corrected chi connectivity index (χ4v) is 4.05. The van der Waals surface area contributed by atoms with E-state index < -0.39 is 0 Å². The molecule has 0 N–H and O–H groups in total. The molecule has 0 saturated carbocycles. The first kappa shape index (κ1) is 14.7. The van der Waals surface area contributed by atoms with Crippen LogP contribution in [-0.2, 0) is 17.0 Å². The molecule has 2 fully saturated rings. The van der Waals surface area contributed by atoms with E-state index in [0.717, 1.165) is 51.0 Å². The van der Waals surface area contributed by atoms with E-state index in [4.69, 9.17) is 16.3 Å². The second-order valence-corrected chi connectivity index (χ2v) is 6.72. The number of hydrogen-bond donors (Lipinski definition) is 0. The number of morpholine rings is 1. The Bertz CT molecular complexity index is 422. The van der Waals surface area contributed by atoms with Crippen molar-refractivity contribution in [3.63, 3.8) is 0 Å². The molecule has 1 aromatic rings. The lowest BCUT2D eigenvalue weighted by atomic mass is 10.2. The van der Waals surface area contributed by atoms with Crippen molar-refractivity contribution in [2.45, 2.75) is 24.8 Å². The van der Waals surface area contributed by atoms with E-state index in [2.05, 4.69) is 20.2 Å². The first-order valence-corrected chi connectivity index (χ1v) is 8.80. The van der Waals surface area contributed by atoms with Crippen molar-refractivity contribution in [3.8, 4) is 0 Å². The van der Waals surface area contributed by atoms with Crippen LogP contribution in [0.4, 0.5) is 0 Å². The quantitative estimate of drug-likeness (QED) is 0.775. The van der Waals surface area contributed by atoms with Gasteiger partial charge in [-0.3, -0.25) is 4.90 Å². The van der Waals surface area contributed by atoms with E-state index in [-0.39, 0.29) is 0 Å². The number of alkyl halides is 1. The van der Waals surface area contributed by atoms with Gasteiger partial charge in [0.15, 0.2) is 0 Å². The van der Waals surface area contributed by atoms with E-state index in [1.165, 1.54) is 24.5 Å². The second-order valence-electron chi connectivity index (χ2n) is 5.51. The number of nitrogens with zero attached hydrogens (tertiary/aromatic N) is 3. The van der Waals surface area contributed by atoms with Crippen LogP contribution >= 0.6 is 22.9 Å². The van der Waals surface area contributed by atoms with E-state index in [0.29, 0.717) is 5.88 Å². The molecule has 0 spiro atoms. The molecule has 1 unspecified atom stereocenters. The second kappa shape index (κ2) is 7.18. The fraction of sp³-hybridized carbons (Fsp3) is 0.786. The van der Waals surface area contributed by atoms with Gasteiger partial charge in [-0.1, -0.05) is 0 Å². The number of aromatic nitrogens is 1. The molecule has 20 heavy (non-hydrogen) atoms. The highest BCUT2D eigenvalue weighted by Crippen LogP contribution is 2.18. The first-order valence-electron chi connectivity index (χ1n) is 7.38. The Labute approximate surface area is 129 Å². The van der Waals surface area contributed by atoms with Crippen LogP contribution in [0.5, 0.6) is 0 Å². The Morgan fingerprint density at radius 1 is 1.35 bits per heavy atom. The van der Waals surface area contributed by atoms with Crippen molar-refractivity contribution in [3.05, 3.63) is 16.1 Å². The fourth-order valence-electron chi connectivity index (χ4n) is 3.03. The SMILES string of the molecule is ClCc1csc(CCN2CCC(N3CCOCC3)C2)n1. The van der Waals surface area contributed by atoms with E-state index >= 15 is 0 Å². The van der Waals surface area contributed by atoms with Crippen molar-refractivity contribution in [1.82, 2.24) is 14.8 Å². The largest absolute Gasteiger partial charge is 0.379 e. The van der Waals surface area contributed by atoms with E-state index in [1.807, 2.05) is 0 Å². The highest BCUT2D eigenvalue weighted by atomic mass is 35.5. The number of ether oxygens (including phenoxy) is 1. The van der Waals surface area contributed by atoms with Gasteiger partial charge >= 0.3 is 0 Å². The zero-order chi connectivity index (χ0) is 13.8. The predicted octanol–water partition coefficient (Wildman–Crippen LogP) is 1.83. The zero-order valence-electron chi connectivity index (χ0n) is 11.8. The van der Waals surface area contributed by atoms with Gasteiger partial charge in [-0.05, 0) is 13.0 Å². The molecule has 0 aromatic carbocycles. The van der Waals surface area contributed by atoms with Crippen molar-refractivity contribution in [2.75, 3.05) is 45.9 Å². The Morgan fingerprint density at radius 2 is 2.20 bits per heavy atom. The molecule has 6 heteroatoms. The van der Waals surface area contributed by atoms with E-state index in [1.54, 1.807) is 11.3 Å². The highest BCUT2D eigenvalue weighted by Gasteiger charge is 2.28. The summed E-state index contributed by atoms with van der Waals surface area (Å²) in [6, 6.07) is 0.730. The van der Waals surface area contributed by atoms with Gasteiger partial charge in [0.1, 0.15) is 0 Å². The summed E-state index contributed by atoms with van der Waals surface area (Å²) >= 11 is 7.53. The van der Waals surface area contributed by atoms with Crippen LogP contribution in [0, 0.1) is 0 Å². The maximum atomic E-state index is 5.79. The highest BCUT2D eigenvalue weighted by molar-refractivity contribution is 7.09. The van der Waals surface area contributed by atoms with Crippen molar-refractivity contribution in [1.29, 1.82) is 0 Å². The Hall–Kier alpha value is -0.200. The Kier molecular flexibility index (Phi) is 5.29. The molecule has 1 atom stereocenters. The number of halogens is 1. The minimum Gasteiger partial charge on any atom is -0.379 e. The number of thiazole rings is 1. The van der Waals surface area contributed by atoms with Crippen LogP contribution in [0.15, 0.2) is 5.38 Å². The summed E-state index contributed by atoms with van der Waals surface area (Å²) in [5.41, 5.74) is 1.01. The van der Waals surface area contributed by atoms with Gasteiger partial charge in [0, 0.05) is 44.0 Å². The van der Waals surface area contributed by atoms with Crippen LogP contribution in [0.1, 0.15) is 17.1 Å². The molecule has 3 heterocycles. The average Bonchev–Trinajstić information content (AvgIpc) is 3.15. The molecule has 2 saturated heterocycles. The van der Waals surface area contributed by atoms with Gasteiger partial charge in [-0.15, -0.1) is 22.9 Å². The third-order valence-corrected chi connectivity index (χ3v) is 5.42. The minimum absolute atomic E-state index is 0.527. The summed E-state index contributed by atoms with van der Waals surface area (Å²) in [7, 11) is 0. The molecular formula is C14H22ClN3OS. The van der Waals surface area contributed by atoms with Gasteiger partial charge in [0.25, 0.3) is 0 Å². The van der Waals surface area contributed by atoms with Crippen LogP contribution in [0.25, 0.3) is 0 Å². The summed E-state index contributed by atoms with van der Waals surface area (Å²) in [4.78, 5) is 9.70. The van der Waals surface area contributed by atoms with Crippen molar-refractivity contribution < 1.29 is 4.74 Å². The third-order valence-electron chi connectivity index (χ3n) is 4.19. The first-order chi connectivity index (χ1) is 9.85. The predicted molar refractivity (Wildman–Crippen MR) is 82.6 cm³/mol. The summed E-state index contributed by atoms with van der Waals surface area (Å²) in [6.45, 7) is 7.54. The van der Waals surface area contributed by atoms with Crippen molar-refractivity contribution >= 4 is 22.9 Å². The van der Waals surface area contributed by atoms with Crippen LogP contribution in [0.2, 0.25) is 0 Å². The molecule has 3 rings (SSSR count). The van der Waals surface area contributed by atoms with Crippen LogP contribution < -0.4 is 0 Å². The Morgan fingerprint density at radius 3 is 2.95 bits per heavy atom. The lowest BCUT2D eigenvalue weighted by Crippen LogP contribution is -2.44. The monoisotopic (exact) mass is 315 g/mol. The summed E-state index contributed by atoms with van der Waals surface area (Å²) < 4.78 is 5.43. The molecule has 0 aliphatic carbocycles. The molecule has 2 aliphatic rings. The maximum absolute atomic E-state index is 5.79. The number of hydrogen-bond acceptors (Lipinski definition) is 5. The number of rotatable bonds is 5. The van der Waals surface area contributed by atoms with Crippen LogP contribution in [-0.4, -0.2) is 66.8 Å². The van der Waals surface area contributed by atoms with Crippen LogP contribution in [0.3, 0.4) is 0 Å². The van der Waals surface area contributed by atoms with Gasteiger partial charge in [-0.2, -0.15) is 0 Å². The standard InChI is InChI=1S/C14H22ClN3OS/c15-9-12-11-20-14(16-12)2-4-17-3-1-13(10-17)18-5-7-19-8-6-18/h11,13H,1-10H2. The van der Waals surface area contributed by atoms with Gasteiger partial charge in [0.2, 0.25) is 0 Å². The zero-order valence-corrected chi connectivity index (χ0v) is 13.3. The molecule has 0 amide bonds. The molecule has 1 aromatic heterocycles. The lowest BCUT2D eigenvalue weighted by Gasteiger charge is -2.32. The minimum atomic E-state index is 0.527. The topological polar surface area (TPSA) is 28.6 Å². The lowest BCUT2D eigenvalue weighted by molar-refractivity contribution is 0.0185. The molecule has 0 bridgehead atoms. The maximum Gasteiger partial charge on any atom is 0.0941 e. The normalized spacial score (nSPS) is 25.4. The summed E-state index contributed by atoms with van der Waals surface area (Å²) in [5, 5.41) is 3.29. The molecule has 2 aliphatic heterocycles. The molecule has 4 nitrogen and oxygen atoms in total. The number of likely N-dealkylation sites (tertiary alicyclic amines) is 1. The smallest absolute Gasteiger partial charge is 0.0941 e.